The van der Waals surface area contributed by atoms with Gasteiger partial charge in [-0.05, 0) is 26.8 Å². The number of carbonyl (C=O) groups excluding carboxylic acids is 1. The Kier molecular flexibility index (Phi) is 7.19. The van der Waals surface area contributed by atoms with Crippen LogP contribution in [0.4, 0.5) is 21.9 Å². The van der Waals surface area contributed by atoms with E-state index in [0.717, 1.165) is 12.1 Å². The first kappa shape index (κ1) is 22.1. The van der Waals surface area contributed by atoms with Gasteiger partial charge in [-0.3, -0.25) is 25.5 Å². The minimum atomic E-state index is -0.887. The monoisotopic (exact) mass is 394 g/mol. The second kappa shape index (κ2) is 9.12. The van der Waals surface area contributed by atoms with E-state index in [1.807, 2.05) is 20.8 Å². The first-order chi connectivity index (χ1) is 12.9. The van der Waals surface area contributed by atoms with E-state index in [4.69, 9.17) is 15.7 Å². The molecule has 4 N–H and O–H groups in total. The van der Waals surface area contributed by atoms with Crippen LogP contribution in [-0.2, 0) is 4.74 Å². The number of pyridine rings is 1. The number of nitrogens with zero attached hydrogens (tertiary/aromatic N) is 3. The molecule has 1 amide bonds. The molecule has 2 aromatic rings. The fraction of sp³-hybridized carbons (Fsp3) is 0.250. The smallest absolute Gasteiger partial charge is 0.412 e. The molecule has 0 saturated carbocycles. The van der Waals surface area contributed by atoms with Gasteiger partial charge in [0.25, 0.3) is 5.69 Å². The molecule has 12 heteroatoms. The number of nitro benzene ring substituents is 2. The zero-order valence-corrected chi connectivity index (χ0v) is 15.4. The van der Waals surface area contributed by atoms with Gasteiger partial charge in [-0.15, -0.1) is 0 Å². The summed E-state index contributed by atoms with van der Waals surface area (Å²) in [6, 6.07) is 5.97. The number of benzene rings is 1. The van der Waals surface area contributed by atoms with E-state index < -0.39 is 38.7 Å². The Hall–Kier alpha value is -3.96. The average molecular weight is 394 g/mol. The van der Waals surface area contributed by atoms with Crippen LogP contribution in [0.25, 0.3) is 0 Å². The van der Waals surface area contributed by atoms with Gasteiger partial charge in [0.2, 0.25) is 12.4 Å². The molecule has 0 unspecified atom stereocenters. The summed E-state index contributed by atoms with van der Waals surface area (Å²) in [5, 5.41) is 31.9. The van der Waals surface area contributed by atoms with E-state index >= 15 is 0 Å². The molecule has 0 aliphatic heterocycles. The van der Waals surface area contributed by atoms with Crippen molar-refractivity contribution in [2.75, 3.05) is 11.2 Å². The van der Waals surface area contributed by atoms with Crippen LogP contribution >= 0.6 is 0 Å². The number of aromatic nitrogens is 1. The molecule has 150 valence electrons. The number of nitrogens with two attached hydrogens (primary N) is 1. The fourth-order valence-corrected chi connectivity index (χ4v) is 1.71. The molecule has 2 rings (SSSR count). The van der Waals surface area contributed by atoms with Crippen LogP contribution in [-0.4, -0.2) is 26.6 Å². The topological polar surface area (TPSA) is 175 Å². The number of rotatable bonds is 3. The fourth-order valence-electron chi connectivity index (χ4n) is 1.71. The summed E-state index contributed by atoms with van der Waals surface area (Å²) >= 11 is 0. The average Bonchev–Trinajstić information content (AvgIpc) is 2.55. The number of nitrogen functional groups attached to an aromatic ring is 1. The Morgan fingerprint density at radius 2 is 1.71 bits per heavy atom. The van der Waals surface area contributed by atoms with Crippen LogP contribution in [0.3, 0.4) is 0 Å². The Morgan fingerprint density at radius 3 is 2.18 bits per heavy atom. The molecule has 0 aliphatic carbocycles. The van der Waals surface area contributed by atoms with E-state index in [2.05, 4.69) is 5.32 Å². The Morgan fingerprint density at radius 1 is 1.14 bits per heavy atom. The summed E-state index contributed by atoms with van der Waals surface area (Å²) in [6.07, 6.45) is 2.79. The lowest BCUT2D eigenvalue weighted by Crippen LogP contribution is -2.43. The van der Waals surface area contributed by atoms with Crippen LogP contribution < -0.4 is 15.8 Å². The summed E-state index contributed by atoms with van der Waals surface area (Å²) in [6.45, 7) is 5.43. The lowest BCUT2D eigenvalue weighted by atomic mass is 10.2. The zero-order valence-electron chi connectivity index (χ0n) is 15.4. The van der Waals surface area contributed by atoms with Gasteiger partial charge in [0.05, 0.1) is 21.6 Å². The first-order valence-corrected chi connectivity index (χ1v) is 7.77. The second-order valence-electron chi connectivity index (χ2n) is 6.35. The summed E-state index contributed by atoms with van der Waals surface area (Å²) in [5.74, 6) is 4.84. The molecule has 1 aromatic carbocycles. The van der Waals surface area contributed by atoms with Crippen molar-refractivity contribution in [1.82, 2.24) is 0 Å². The largest absolute Gasteiger partial charge is 0.502 e. The normalized spacial score (nSPS) is 10.2. The molecule has 0 fully saturated rings. The third kappa shape index (κ3) is 7.51. The predicted octanol–water partition coefficient (Wildman–Crippen LogP) is 2.24. The number of ether oxygens (including phenoxy) is 1. The number of hydrogen-bond acceptors (Lipinski definition) is 8. The maximum absolute atomic E-state index is 11.3. The molecule has 12 nitrogen and oxygen atoms in total. The molecule has 0 radical (unpaired) electrons. The number of phenols is 1. The molecular weight excluding hydrogens is 374 g/mol. The summed E-state index contributed by atoms with van der Waals surface area (Å²) in [5.41, 5.74) is -0.947. The second-order valence-corrected chi connectivity index (χ2v) is 6.35. The highest BCUT2D eigenvalue weighted by molar-refractivity contribution is 5.84. The maximum Gasteiger partial charge on any atom is 0.412 e. The van der Waals surface area contributed by atoms with Crippen LogP contribution in [0.15, 0.2) is 42.7 Å². The van der Waals surface area contributed by atoms with Crippen molar-refractivity contribution in [3.05, 3.63) is 63.0 Å². The summed E-state index contributed by atoms with van der Waals surface area (Å²) in [7, 11) is 0. The van der Waals surface area contributed by atoms with E-state index in [1.54, 1.807) is 24.5 Å². The van der Waals surface area contributed by atoms with Gasteiger partial charge in [-0.25, -0.2) is 10.6 Å². The molecular formula is C16H20N5O7+. The lowest BCUT2D eigenvalue weighted by Gasteiger charge is -2.19. The number of nitro groups is 2. The number of amides is 1. The summed E-state index contributed by atoms with van der Waals surface area (Å²) in [4.78, 5) is 30.1. The van der Waals surface area contributed by atoms with Gasteiger partial charge < -0.3 is 9.84 Å². The SMILES string of the molecule is CC(C)(C)OC(=O)Nc1cc[n+](N)cc1.O=[N+]([O-])c1ccc(O)c([N+](=O)[O-])c1. The molecule has 0 atom stereocenters. The highest BCUT2D eigenvalue weighted by Crippen LogP contribution is 2.29. The van der Waals surface area contributed by atoms with Crippen molar-refractivity contribution >= 4 is 23.2 Å². The lowest BCUT2D eigenvalue weighted by molar-refractivity contribution is -0.638. The van der Waals surface area contributed by atoms with Gasteiger partial charge in [0, 0.05) is 18.2 Å². The first-order valence-electron chi connectivity index (χ1n) is 7.77. The summed E-state index contributed by atoms with van der Waals surface area (Å²) < 4.78 is 6.47. The predicted molar refractivity (Wildman–Crippen MR) is 98.1 cm³/mol. The van der Waals surface area contributed by atoms with Crippen molar-refractivity contribution in [1.29, 1.82) is 0 Å². The van der Waals surface area contributed by atoms with Gasteiger partial charge in [0.15, 0.2) is 5.75 Å². The third-order valence-corrected chi connectivity index (χ3v) is 2.86. The van der Waals surface area contributed by atoms with Crippen molar-refractivity contribution in [3.63, 3.8) is 0 Å². The van der Waals surface area contributed by atoms with Crippen molar-refractivity contribution in [2.24, 2.45) is 0 Å². The number of non-ortho nitro benzene ring substituents is 1. The van der Waals surface area contributed by atoms with Crippen LogP contribution in [0.2, 0.25) is 0 Å². The minimum absolute atomic E-state index is 0.426. The maximum atomic E-state index is 11.3. The van der Waals surface area contributed by atoms with Crippen LogP contribution in [0.5, 0.6) is 5.75 Å². The number of carbonyl (C=O) groups is 1. The number of anilines is 1. The van der Waals surface area contributed by atoms with E-state index in [0.29, 0.717) is 11.8 Å². The van der Waals surface area contributed by atoms with Gasteiger partial charge in [-0.2, -0.15) is 0 Å². The van der Waals surface area contributed by atoms with Crippen molar-refractivity contribution in [3.8, 4) is 5.75 Å². The highest BCUT2D eigenvalue weighted by Gasteiger charge is 2.18. The van der Waals surface area contributed by atoms with Crippen LogP contribution in [0.1, 0.15) is 20.8 Å². The zero-order chi connectivity index (χ0) is 21.5. The molecule has 0 bridgehead atoms. The number of hydrogen-bond donors (Lipinski definition) is 3. The van der Waals surface area contributed by atoms with E-state index in [1.165, 1.54) is 4.68 Å². The minimum Gasteiger partial charge on any atom is -0.502 e. The van der Waals surface area contributed by atoms with E-state index in [9.17, 15) is 25.0 Å². The highest BCUT2D eigenvalue weighted by atomic mass is 16.6. The van der Waals surface area contributed by atoms with E-state index in [-0.39, 0.29) is 0 Å². The quantitative estimate of drug-likeness (QED) is 0.307. The standard InChI is InChI=1S/C10H15N3O2.C6H4N2O5/c1-10(2,3)15-9(14)12-8-4-6-13(11)7-5-8;9-6-2-1-4(7(10)11)3-5(6)8(12)13/h4-7H,11H2,1-3H3;1-3,9H/p+1. The molecule has 0 spiro atoms. The molecule has 1 heterocycles. The van der Waals surface area contributed by atoms with Crippen LogP contribution in [0, 0.1) is 20.2 Å². The Bertz CT molecular complexity index is 863. The Balaban J connectivity index is 0.000000283. The molecule has 0 aliphatic rings. The van der Waals surface area contributed by atoms with Gasteiger partial charge in [0.1, 0.15) is 5.60 Å². The molecule has 1 aromatic heterocycles. The van der Waals surface area contributed by atoms with Crippen molar-refractivity contribution < 1.29 is 29.2 Å². The van der Waals surface area contributed by atoms with Crippen molar-refractivity contribution in [2.45, 2.75) is 26.4 Å². The number of aromatic hydroxyl groups is 1. The third-order valence-electron chi connectivity index (χ3n) is 2.86. The Labute approximate surface area is 159 Å². The molecule has 28 heavy (non-hydrogen) atoms. The number of phenolic OH excluding ortho intramolecular Hbond substituents is 1. The molecule has 0 saturated heterocycles. The van der Waals surface area contributed by atoms with Gasteiger partial charge >= 0.3 is 11.8 Å². The number of nitrogens with one attached hydrogen (secondary N) is 1. The van der Waals surface area contributed by atoms with Gasteiger partial charge in [-0.1, -0.05) is 4.68 Å².